The molecule has 0 radical (unpaired) electrons. The highest BCUT2D eigenvalue weighted by molar-refractivity contribution is 5.81. The molecule has 1 atom stereocenters. The van der Waals surface area contributed by atoms with Crippen LogP contribution in [0.5, 0.6) is 0 Å². The van der Waals surface area contributed by atoms with Crippen molar-refractivity contribution in [3.05, 3.63) is 0 Å². The van der Waals surface area contributed by atoms with Gasteiger partial charge in [0.05, 0.1) is 0 Å². The van der Waals surface area contributed by atoms with Gasteiger partial charge in [0.25, 0.3) is 0 Å². The van der Waals surface area contributed by atoms with Gasteiger partial charge < -0.3 is 10.6 Å². The molecule has 3 nitrogen and oxygen atoms in total. The van der Waals surface area contributed by atoms with Crippen LogP contribution in [0.15, 0.2) is 0 Å². The zero-order valence-corrected chi connectivity index (χ0v) is 7.66. The number of halogens is 3. The lowest BCUT2D eigenvalue weighted by Crippen LogP contribution is -2.43. The number of rotatable bonds is 1. The van der Waals surface area contributed by atoms with Gasteiger partial charge >= 0.3 is 12.1 Å². The average Bonchev–Trinajstić information content (AvgIpc) is 2.31. The maximum absolute atomic E-state index is 11.9. The molecule has 0 aromatic heterocycles. The second-order valence-corrected chi connectivity index (χ2v) is 3.35. The highest BCUT2D eigenvalue weighted by Gasteiger charge is 2.39. The third-order valence-corrected chi connectivity index (χ3v) is 2.17. The number of amides is 1. The lowest BCUT2D eigenvalue weighted by molar-refractivity contribution is -0.174. The van der Waals surface area contributed by atoms with E-state index in [4.69, 9.17) is 0 Å². The Kier molecular flexibility index (Phi) is 3.74. The summed E-state index contributed by atoms with van der Waals surface area (Å²) in [6.45, 7) is 1.46. The molecule has 1 amide bonds. The predicted octanol–water partition coefficient (Wildman–Crippen LogP) is 0.807. The molecule has 0 aromatic carbocycles. The van der Waals surface area contributed by atoms with Crippen LogP contribution in [-0.2, 0) is 4.79 Å². The van der Waals surface area contributed by atoms with Crippen LogP contribution >= 0.6 is 0 Å². The van der Waals surface area contributed by atoms with Crippen molar-refractivity contribution >= 4 is 5.91 Å². The molecule has 1 aliphatic rings. The normalized spacial score (nSPS) is 24.1. The van der Waals surface area contributed by atoms with Crippen molar-refractivity contribution in [2.24, 2.45) is 0 Å². The van der Waals surface area contributed by atoms with E-state index in [9.17, 15) is 18.0 Å². The van der Waals surface area contributed by atoms with Gasteiger partial charge in [-0.05, 0) is 32.4 Å². The van der Waals surface area contributed by atoms with Gasteiger partial charge in [-0.3, -0.25) is 4.79 Å². The predicted molar refractivity (Wildman–Crippen MR) is 44.7 cm³/mol. The van der Waals surface area contributed by atoms with Gasteiger partial charge in [-0.1, -0.05) is 0 Å². The maximum Gasteiger partial charge on any atom is 0.471 e. The van der Waals surface area contributed by atoms with Crippen LogP contribution in [0.3, 0.4) is 0 Å². The summed E-state index contributed by atoms with van der Waals surface area (Å²) in [4.78, 5) is 10.6. The Hall–Kier alpha value is -0.780. The number of carbonyl (C=O) groups excluding carboxylic acids is 1. The summed E-state index contributed by atoms with van der Waals surface area (Å²) in [5, 5.41) is 5.05. The van der Waals surface area contributed by atoms with Gasteiger partial charge in [0.2, 0.25) is 0 Å². The summed E-state index contributed by atoms with van der Waals surface area (Å²) >= 11 is 0. The first-order valence-corrected chi connectivity index (χ1v) is 4.58. The van der Waals surface area contributed by atoms with Crippen LogP contribution in [0.4, 0.5) is 13.2 Å². The first-order valence-electron chi connectivity index (χ1n) is 4.58. The summed E-state index contributed by atoms with van der Waals surface area (Å²) in [6, 6.07) is -0.348. The molecule has 0 saturated carbocycles. The Balaban J connectivity index is 2.38. The molecule has 0 aliphatic carbocycles. The zero-order chi connectivity index (χ0) is 10.6. The SMILES string of the molecule is O=C(N[C@@H]1CCCNCC1)C(F)(F)F. The van der Waals surface area contributed by atoms with Crippen molar-refractivity contribution < 1.29 is 18.0 Å². The van der Waals surface area contributed by atoms with Gasteiger partial charge in [-0.2, -0.15) is 13.2 Å². The van der Waals surface area contributed by atoms with E-state index < -0.39 is 12.1 Å². The highest BCUT2D eigenvalue weighted by atomic mass is 19.4. The summed E-state index contributed by atoms with van der Waals surface area (Å²) < 4.78 is 35.6. The van der Waals surface area contributed by atoms with E-state index in [1.54, 1.807) is 0 Å². The van der Waals surface area contributed by atoms with Gasteiger partial charge in [0, 0.05) is 6.04 Å². The fraction of sp³-hybridized carbons (Fsp3) is 0.875. The Morgan fingerprint density at radius 3 is 2.64 bits per heavy atom. The third-order valence-electron chi connectivity index (χ3n) is 2.17. The first-order chi connectivity index (χ1) is 6.50. The van der Waals surface area contributed by atoms with Crippen LogP contribution in [0.25, 0.3) is 0 Å². The molecule has 1 heterocycles. The van der Waals surface area contributed by atoms with Gasteiger partial charge in [-0.15, -0.1) is 0 Å². The van der Waals surface area contributed by atoms with E-state index in [1.807, 2.05) is 5.32 Å². The summed E-state index contributed by atoms with van der Waals surface area (Å²) in [7, 11) is 0. The molecule has 1 fully saturated rings. The van der Waals surface area contributed by atoms with Gasteiger partial charge in [-0.25, -0.2) is 0 Å². The maximum atomic E-state index is 11.9. The minimum atomic E-state index is -4.76. The minimum Gasteiger partial charge on any atom is -0.345 e. The quantitative estimate of drug-likeness (QED) is 0.672. The van der Waals surface area contributed by atoms with Crippen molar-refractivity contribution in [3.63, 3.8) is 0 Å². The Morgan fingerprint density at radius 1 is 1.29 bits per heavy atom. The lowest BCUT2D eigenvalue weighted by Gasteiger charge is -2.16. The summed E-state index contributed by atoms with van der Waals surface area (Å²) in [5.74, 6) is -1.83. The van der Waals surface area contributed by atoms with Crippen molar-refractivity contribution in [2.45, 2.75) is 31.5 Å². The molecule has 0 aromatic rings. The second kappa shape index (κ2) is 4.63. The lowest BCUT2D eigenvalue weighted by atomic mass is 10.1. The first kappa shape index (κ1) is 11.3. The van der Waals surface area contributed by atoms with Crippen molar-refractivity contribution in [2.75, 3.05) is 13.1 Å². The molecule has 0 spiro atoms. The molecule has 0 unspecified atom stereocenters. The van der Waals surface area contributed by atoms with Gasteiger partial charge in [0.15, 0.2) is 0 Å². The van der Waals surface area contributed by atoms with Crippen LogP contribution in [0.2, 0.25) is 0 Å². The van der Waals surface area contributed by atoms with Gasteiger partial charge in [0.1, 0.15) is 0 Å². The van der Waals surface area contributed by atoms with Crippen LogP contribution in [-0.4, -0.2) is 31.2 Å². The summed E-state index contributed by atoms with van der Waals surface area (Å²) in [6.07, 6.45) is -2.81. The summed E-state index contributed by atoms with van der Waals surface area (Å²) in [5.41, 5.74) is 0. The van der Waals surface area contributed by atoms with E-state index in [0.717, 1.165) is 13.0 Å². The molecule has 2 N–H and O–H groups in total. The molecule has 0 bridgehead atoms. The van der Waals surface area contributed by atoms with Crippen molar-refractivity contribution in [1.29, 1.82) is 0 Å². The number of hydrogen-bond donors (Lipinski definition) is 2. The molecular weight excluding hydrogens is 197 g/mol. The molecule has 82 valence electrons. The van der Waals surface area contributed by atoms with Crippen molar-refractivity contribution in [1.82, 2.24) is 10.6 Å². The van der Waals surface area contributed by atoms with E-state index in [-0.39, 0.29) is 6.04 Å². The number of nitrogens with one attached hydrogen (secondary N) is 2. The van der Waals surface area contributed by atoms with E-state index in [2.05, 4.69) is 5.32 Å². The molecule has 14 heavy (non-hydrogen) atoms. The number of hydrogen-bond acceptors (Lipinski definition) is 2. The minimum absolute atomic E-state index is 0.348. The fourth-order valence-corrected chi connectivity index (χ4v) is 1.43. The average molecular weight is 210 g/mol. The van der Waals surface area contributed by atoms with E-state index in [0.29, 0.717) is 19.4 Å². The molecule has 1 aliphatic heterocycles. The van der Waals surface area contributed by atoms with Crippen LogP contribution in [0, 0.1) is 0 Å². The van der Waals surface area contributed by atoms with Crippen LogP contribution < -0.4 is 10.6 Å². The fourth-order valence-electron chi connectivity index (χ4n) is 1.43. The van der Waals surface area contributed by atoms with E-state index in [1.165, 1.54) is 0 Å². The number of carbonyl (C=O) groups is 1. The third kappa shape index (κ3) is 3.53. The second-order valence-electron chi connectivity index (χ2n) is 3.35. The standard InChI is InChI=1S/C8H13F3N2O/c9-8(10,11)7(14)13-6-2-1-4-12-5-3-6/h6,12H,1-5H2,(H,13,14)/t6-/m1/s1. The molecule has 6 heteroatoms. The van der Waals surface area contributed by atoms with E-state index >= 15 is 0 Å². The number of alkyl halides is 3. The molecular formula is C8H13F3N2O. The van der Waals surface area contributed by atoms with Crippen molar-refractivity contribution in [3.8, 4) is 0 Å². The largest absolute Gasteiger partial charge is 0.471 e. The van der Waals surface area contributed by atoms with Crippen LogP contribution in [0.1, 0.15) is 19.3 Å². The molecule has 1 rings (SSSR count). The zero-order valence-electron chi connectivity index (χ0n) is 7.66. The Labute approximate surface area is 80.0 Å². The Morgan fingerprint density at radius 2 is 2.00 bits per heavy atom. The monoisotopic (exact) mass is 210 g/mol. The topological polar surface area (TPSA) is 41.1 Å². The highest BCUT2D eigenvalue weighted by Crippen LogP contribution is 2.16. The Bertz CT molecular complexity index is 197. The molecule has 1 saturated heterocycles. The smallest absolute Gasteiger partial charge is 0.345 e.